The molecule has 3 aromatic rings. The average molecular weight is 309 g/mol. The summed E-state index contributed by atoms with van der Waals surface area (Å²) in [5.41, 5.74) is 4.07. The van der Waals surface area contributed by atoms with Crippen LogP contribution in [0.3, 0.4) is 0 Å². The zero-order valence-electron chi connectivity index (χ0n) is 12.3. The number of fused-ring (bicyclic) bond motifs is 3. The highest BCUT2D eigenvalue weighted by Crippen LogP contribution is 2.37. The summed E-state index contributed by atoms with van der Waals surface area (Å²) in [6.45, 7) is 0.524. The zero-order valence-corrected chi connectivity index (χ0v) is 12.3. The molecule has 1 aromatic heterocycles. The highest BCUT2D eigenvalue weighted by atomic mass is 16.6. The van der Waals surface area contributed by atoms with Gasteiger partial charge in [-0.15, -0.1) is 0 Å². The van der Waals surface area contributed by atoms with Crippen molar-refractivity contribution < 1.29 is 10.1 Å². The van der Waals surface area contributed by atoms with Gasteiger partial charge >= 0.3 is 0 Å². The second-order valence-electron chi connectivity index (χ2n) is 5.73. The summed E-state index contributed by atoms with van der Waals surface area (Å²) in [5, 5.41) is 23.6. The Morgan fingerprint density at radius 1 is 1.17 bits per heavy atom. The lowest BCUT2D eigenvalue weighted by atomic mass is 9.94. The molecule has 6 heteroatoms. The Labute approximate surface area is 132 Å². The zero-order chi connectivity index (χ0) is 16.0. The number of nitro groups is 1. The number of aromatic nitrogens is 1. The van der Waals surface area contributed by atoms with Crippen LogP contribution < -0.4 is 0 Å². The number of nitro benzene ring substituents is 1. The maximum Gasteiger partial charge on any atom is 0.269 e. The van der Waals surface area contributed by atoms with E-state index in [4.69, 9.17) is 0 Å². The predicted octanol–water partition coefficient (Wildman–Crippen LogP) is 3.41. The van der Waals surface area contributed by atoms with E-state index < -0.39 is 4.92 Å². The largest absolute Gasteiger partial charge is 0.356 e. The van der Waals surface area contributed by atoms with E-state index in [9.17, 15) is 15.3 Å². The van der Waals surface area contributed by atoms with Crippen LogP contribution in [0.2, 0.25) is 0 Å². The Kier molecular flexibility index (Phi) is 3.14. The SMILES string of the molecule is O=[N+]([O-])c1ccc(C2c3[nH]c4ccccc4c3CCN2O)cc1. The normalized spacial score (nSPS) is 18.0. The number of hydroxylamine groups is 2. The first-order chi connectivity index (χ1) is 11.1. The summed E-state index contributed by atoms with van der Waals surface area (Å²) >= 11 is 0. The Balaban J connectivity index is 1.84. The maximum atomic E-state index is 10.8. The lowest BCUT2D eigenvalue weighted by Crippen LogP contribution is -2.33. The van der Waals surface area contributed by atoms with Crippen molar-refractivity contribution in [3.8, 4) is 0 Å². The van der Waals surface area contributed by atoms with E-state index in [1.807, 2.05) is 18.2 Å². The predicted molar refractivity (Wildman–Crippen MR) is 85.4 cm³/mol. The van der Waals surface area contributed by atoms with Gasteiger partial charge in [-0.1, -0.05) is 30.3 Å². The van der Waals surface area contributed by atoms with Crippen molar-refractivity contribution in [3.05, 3.63) is 75.5 Å². The molecule has 23 heavy (non-hydrogen) atoms. The van der Waals surface area contributed by atoms with Gasteiger partial charge in [0.25, 0.3) is 5.69 Å². The molecule has 0 saturated heterocycles. The standard InChI is InChI=1S/C17H15N3O3/c21-19-10-9-14-13-3-1-2-4-15(13)18-16(14)17(19)11-5-7-12(8-6-11)20(22)23/h1-8,17-18,21H,9-10H2. The van der Waals surface area contributed by atoms with Gasteiger partial charge in [0.1, 0.15) is 6.04 Å². The summed E-state index contributed by atoms with van der Waals surface area (Å²) < 4.78 is 0. The molecule has 2 N–H and O–H groups in total. The van der Waals surface area contributed by atoms with Crippen LogP contribution in [0.15, 0.2) is 48.5 Å². The molecular weight excluding hydrogens is 294 g/mol. The summed E-state index contributed by atoms with van der Waals surface area (Å²) in [7, 11) is 0. The number of benzene rings is 2. The van der Waals surface area contributed by atoms with E-state index in [1.54, 1.807) is 12.1 Å². The van der Waals surface area contributed by atoms with Crippen LogP contribution in [0.1, 0.15) is 22.9 Å². The fraction of sp³-hybridized carbons (Fsp3) is 0.176. The van der Waals surface area contributed by atoms with Gasteiger partial charge in [-0.05, 0) is 23.6 Å². The number of nitrogens with one attached hydrogen (secondary N) is 1. The van der Waals surface area contributed by atoms with Gasteiger partial charge in [-0.2, -0.15) is 5.06 Å². The number of nitrogens with zero attached hydrogens (tertiary/aromatic N) is 2. The highest BCUT2D eigenvalue weighted by molar-refractivity contribution is 5.85. The van der Waals surface area contributed by atoms with Gasteiger partial charge in [0.05, 0.1) is 4.92 Å². The topological polar surface area (TPSA) is 82.4 Å². The molecule has 0 spiro atoms. The highest BCUT2D eigenvalue weighted by Gasteiger charge is 2.31. The third-order valence-corrected chi connectivity index (χ3v) is 4.43. The molecule has 2 aromatic carbocycles. The molecule has 6 nitrogen and oxygen atoms in total. The van der Waals surface area contributed by atoms with E-state index in [0.29, 0.717) is 6.54 Å². The summed E-state index contributed by atoms with van der Waals surface area (Å²) in [4.78, 5) is 13.8. The van der Waals surface area contributed by atoms with Crippen molar-refractivity contribution in [2.24, 2.45) is 0 Å². The van der Waals surface area contributed by atoms with Gasteiger partial charge in [0.2, 0.25) is 0 Å². The first-order valence-electron chi connectivity index (χ1n) is 7.44. The molecule has 0 aliphatic carbocycles. The van der Waals surface area contributed by atoms with E-state index in [1.165, 1.54) is 28.1 Å². The fourth-order valence-corrected chi connectivity index (χ4v) is 3.35. The van der Waals surface area contributed by atoms with Crippen LogP contribution in [0.5, 0.6) is 0 Å². The quantitative estimate of drug-likeness (QED) is 0.561. The van der Waals surface area contributed by atoms with Gasteiger partial charge in [-0.25, -0.2) is 0 Å². The Bertz CT molecular complexity index is 886. The molecule has 2 heterocycles. The second-order valence-corrected chi connectivity index (χ2v) is 5.73. The number of rotatable bonds is 2. The molecule has 0 radical (unpaired) electrons. The van der Waals surface area contributed by atoms with Crippen molar-refractivity contribution in [2.75, 3.05) is 6.54 Å². The number of para-hydroxylation sites is 1. The number of H-pyrrole nitrogens is 1. The molecule has 0 saturated carbocycles. The minimum Gasteiger partial charge on any atom is -0.356 e. The molecule has 1 unspecified atom stereocenters. The maximum absolute atomic E-state index is 10.8. The Morgan fingerprint density at radius 2 is 1.91 bits per heavy atom. The molecule has 0 fully saturated rings. The van der Waals surface area contributed by atoms with E-state index >= 15 is 0 Å². The first kappa shape index (κ1) is 13.9. The van der Waals surface area contributed by atoms with E-state index in [-0.39, 0.29) is 11.7 Å². The van der Waals surface area contributed by atoms with Crippen molar-refractivity contribution in [1.82, 2.24) is 10.0 Å². The van der Waals surface area contributed by atoms with Crippen molar-refractivity contribution in [2.45, 2.75) is 12.5 Å². The van der Waals surface area contributed by atoms with Gasteiger partial charge < -0.3 is 10.2 Å². The van der Waals surface area contributed by atoms with Gasteiger partial charge in [-0.3, -0.25) is 10.1 Å². The van der Waals surface area contributed by atoms with E-state index in [0.717, 1.165) is 23.2 Å². The van der Waals surface area contributed by atoms with E-state index in [2.05, 4.69) is 11.1 Å². The van der Waals surface area contributed by atoms with Gasteiger partial charge in [0.15, 0.2) is 0 Å². The van der Waals surface area contributed by atoms with Crippen LogP contribution in [0.25, 0.3) is 10.9 Å². The second kappa shape index (κ2) is 5.19. The van der Waals surface area contributed by atoms with Crippen molar-refractivity contribution >= 4 is 16.6 Å². The fourth-order valence-electron chi connectivity index (χ4n) is 3.35. The monoisotopic (exact) mass is 309 g/mol. The third-order valence-electron chi connectivity index (χ3n) is 4.43. The van der Waals surface area contributed by atoms with Crippen LogP contribution in [-0.4, -0.2) is 26.7 Å². The molecule has 0 amide bonds. The number of hydrogen-bond donors (Lipinski definition) is 2. The van der Waals surface area contributed by atoms with Crippen molar-refractivity contribution in [3.63, 3.8) is 0 Å². The molecule has 4 rings (SSSR count). The van der Waals surface area contributed by atoms with Crippen LogP contribution in [-0.2, 0) is 6.42 Å². The van der Waals surface area contributed by atoms with Gasteiger partial charge in [0, 0.05) is 35.3 Å². The molecule has 116 valence electrons. The number of hydrogen-bond acceptors (Lipinski definition) is 4. The number of non-ortho nitro benzene ring substituents is 1. The Hall–Kier alpha value is -2.70. The average Bonchev–Trinajstić information content (AvgIpc) is 2.93. The lowest BCUT2D eigenvalue weighted by molar-refractivity contribution is -0.384. The minimum absolute atomic E-state index is 0.0471. The lowest BCUT2D eigenvalue weighted by Gasteiger charge is -2.31. The molecule has 1 aliphatic rings. The molecule has 1 atom stereocenters. The third kappa shape index (κ3) is 2.19. The smallest absolute Gasteiger partial charge is 0.269 e. The molecule has 0 bridgehead atoms. The summed E-state index contributed by atoms with van der Waals surface area (Å²) in [5.74, 6) is 0. The summed E-state index contributed by atoms with van der Waals surface area (Å²) in [6.07, 6.45) is 0.763. The Morgan fingerprint density at radius 3 is 2.65 bits per heavy atom. The van der Waals surface area contributed by atoms with Crippen LogP contribution in [0, 0.1) is 10.1 Å². The van der Waals surface area contributed by atoms with Crippen LogP contribution in [0.4, 0.5) is 5.69 Å². The first-order valence-corrected chi connectivity index (χ1v) is 7.44. The van der Waals surface area contributed by atoms with Crippen LogP contribution >= 0.6 is 0 Å². The van der Waals surface area contributed by atoms with Crippen molar-refractivity contribution in [1.29, 1.82) is 0 Å². The minimum atomic E-state index is -0.421. The molecular formula is C17H15N3O3. The molecule has 1 aliphatic heterocycles. The summed E-state index contributed by atoms with van der Waals surface area (Å²) in [6, 6.07) is 14.1. The number of aromatic amines is 1.